The molecule has 0 radical (unpaired) electrons. The lowest BCUT2D eigenvalue weighted by atomic mass is 10.2. The lowest BCUT2D eigenvalue weighted by molar-refractivity contribution is 0.102. The van der Waals surface area contributed by atoms with E-state index in [1.54, 1.807) is 29.7 Å². The summed E-state index contributed by atoms with van der Waals surface area (Å²) in [6.45, 7) is 1.85. The zero-order valence-electron chi connectivity index (χ0n) is 17.1. The first kappa shape index (κ1) is 20.4. The van der Waals surface area contributed by atoms with Crippen LogP contribution in [0.4, 0.5) is 5.69 Å². The van der Waals surface area contributed by atoms with Crippen molar-refractivity contribution in [2.75, 3.05) is 5.32 Å². The standard InChI is InChI=1S/C24H18N4O2S2/c1-15-12-18(28-30-15)14-31-24-19(8-5-11-25-24)22(29)26-17-7-4-6-16(13-17)23-27-20-9-2-3-10-21(20)32-23/h2-13H,14H2,1H3,(H,26,29). The Morgan fingerprint density at radius 2 is 2.00 bits per heavy atom. The predicted molar refractivity (Wildman–Crippen MR) is 128 cm³/mol. The lowest BCUT2D eigenvalue weighted by Gasteiger charge is -2.09. The predicted octanol–water partition coefficient (Wildman–Crippen LogP) is 6.20. The Hall–Kier alpha value is -3.49. The summed E-state index contributed by atoms with van der Waals surface area (Å²) in [6, 6.07) is 21.2. The molecule has 3 heterocycles. The molecule has 0 spiro atoms. The van der Waals surface area contributed by atoms with Gasteiger partial charge in [-0.25, -0.2) is 9.97 Å². The lowest BCUT2D eigenvalue weighted by Crippen LogP contribution is -2.13. The number of rotatable bonds is 6. The van der Waals surface area contributed by atoms with Gasteiger partial charge in [-0.05, 0) is 43.3 Å². The maximum Gasteiger partial charge on any atom is 0.258 e. The minimum atomic E-state index is -0.210. The average Bonchev–Trinajstić information content (AvgIpc) is 3.44. The largest absolute Gasteiger partial charge is 0.361 e. The summed E-state index contributed by atoms with van der Waals surface area (Å²) in [5.41, 5.74) is 3.97. The SMILES string of the molecule is Cc1cc(CSc2ncccc2C(=O)Nc2cccc(-c3nc4ccccc4s3)c2)no1. The molecule has 6 nitrogen and oxygen atoms in total. The number of nitrogens with zero attached hydrogens (tertiary/aromatic N) is 3. The number of aryl methyl sites for hydroxylation is 1. The fourth-order valence-corrected chi connectivity index (χ4v) is 5.07. The van der Waals surface area contributed by atoms with Crippen molar-refractivity contribution in [2.24, 2.45) is 0 Å². The normalized spacial score (nSPS) is 11.0. The molecular formula is C24H18N4O2S2. The van der Waals surface area contributed by atoms with Gasteiger partial charge in [-0.15, -0.1) is 11.3 Å². The average molecular weight is 459 g/mol. The number of nitrogens with one attached hydrogen (secondary N) is 1. The number of amides is 1. The molecule has 0 aliphatic rings. The number of hydrogen-bond donors (Lipinski definition) is 1. The van der Waals surface area contributed by atoms with Gasteiger partial charge in [0.15, 0.2) is 0 Å². The van der Waals surface area contributed by atoms with E-state index in [-0.39, 0.29) is 5.91 Å². The quantitative estimate of drug-likeness (QED) is 0.305. The first-order valence-electron chi connectivity index (χ1n) is 9.93. The number of para-hydroxylation sites is 1. The van der Waals surface area contributed by atoms with Crippen molar-refractivity contribution in [2.45, 2.75) is 17.7 Å². The smallest absolute Gasteiger partial charge is 0.258 e. The van der Waals surface area contributed by atoms with Crippen LogP contribution in [0.25, 0.3) is 20.8 Å². The Morgan fingerprint density at radius 3 is 2.84 bits per heavy atom. The van der Waals surface area contributed by atoms with Crippen LogP contribution in [0.15, 0.2) is 82.5 Å². The van der Waals surface area contributed by atoms with E-state index < -0.39 is 0 Å². The van der Waals surface area contributed by atoms with Crippen LogP contribution >= 0.6 is 23.1 Å². The van der Waals surface area contributed by atoms with E-state index in [1.807, 2.05) is 55.5 Å². The zero-order chi connectivity index (χ0) is 21.9. The van der Waals surface area contributed by atoms with E-state index >= 15 is 0 Å². The highest BCUT2D eigenvalue weighted by Gasteiger charge is 2.15. The molecule has 0 aliphatic carbocycles. The van der Waals surface area contributed by atoms with Gasteiger partial charge >= 0.3 is 0 Å². The molecule has 0 saturated carbocycles. The van der Waals surface area contributed by atoms with Crippen molar-refractivity contribution in [1.29, 1.82) is 0 Å². The van der Waals surface area contributed by atoms with Crippen molar-refractivity contribution in [1.82, 2.24) is 15.1 Å². The van der Waals surface area contributed by atoms with Crippen LogP contribution in [0.3, 0.4) is 0 Å². The van der Waals surface area contributed by atoms with E-state index in [0.717, 1.165) is 32.2 Å². The van der Waals surface area contributed by atoms with Gasteiger partial charge in [0, 0.05) is 29.3 Å². The molecule has 3 aromatic heterocycles. The van der Waals surface area contributed by atoms with Crippen molar-refractivity contribution in [3.63, 3.8) is 0 Å². The van der Waals surface area contributed by atoms with Crippen molar-refractivity contribution in [3.05, 3.63) is 89.9 Å². The van der Waals surface area contributed by atoms with Crippen LogP contribution in [-0.4, -0.2) is 21.0 Å². The summed E-state index contributed by atoms with van der Waals surface area (Å²) in [7, 11) is 0. The van der Waals surface area contributed by atoms with E-state index in [2.05, 4.69) is 21.5 Å². The highest BCUT2D eigenvalue weighted by Crippen LogP contribution is 2.31. The number of pyridine rings is 1. The maximum atomic E-state index is 13.0. The number of carbonyl (C=O) groups excluding carboxylic acids is 1. The minimum Gasteiger partial charge on any atom is -0.361 e. The van der Waals surface area contributed by atoms with E-state index in [1.165, 1.54) is 11.8 Å². The van der Waals surface area contributed by atoms with E-state index in [9.17, 15) is 4.79 Å². The number of carbonyl (C=O) groups is 1. The molecule has 8 heteroatoms. The van der Waals surface area contributed by atoms with E-state index in [4.69, 9.17) is 9.51 Å². The monoisotopic (exact) mass is 458 g/mol. The fourth-order valence-electron chi connectivity index (χ4n) is 3.23. The molecule has 158 valence electrons. The Labute approximate surface area is 192 Å². The molecule has 32 heavy (non-hydrogen) atoms. The zero-order valence-corrected chi connectivity index (χ0v) is 18.7. The van der Waals surface area contributed by atoms with Gasteiger partial charge < -0.3 is 9.84 Å². The molecule has 0 saturated heterocycles. The molecule has 0 bridgehead atoms. The molecule has 1 N–H and O–H groups in total. The number of aromatic nitrogens is 3. The van der Waals surface area contributed by atoms with E-state index in [0.29, 0.717) is 22.0 Å². The maximum absolute atomic E-state index is 13.0. The van der Waals surface area contributed by atoms with Gasteiger partial charge in [-0.3, -0.25) is 4.79 Å². The second-order valence-electron chi connectivity index (χ2n) is 7.10. The molecule has 5 aromatic rings. The molecular weight excluding hydrogens is 440 g/mol. The Balaban J connectivity index is 1.34. The van der Waals surface area contributed by atoms with Gasteiger partial charge in [0.05, 0.1) is 21.5 Å². The molecule has 2 aromatic carbocycles. The molecule has 0 fully saturated rings. The number of fused-ring (bicyclic) bond motifs is 1. The van der Waals surface area contributed by atoms with Crippen LogP contribution in [-0.2, 0) is 5.75 Å². The number of anilines is 1. The molecule has 1 amide bonds. The van der Waals surface area contributed by atoms with Gasteiger partial charge in [0.25, 0.3) is 5.91 Å². The summed E-state index contributed by atoms with van der Waals surface area (Å²) in [5.74, 6) is 1.12. The summed E-state index contributed by atoms with van der Waals surface area (Å²) in [4.78, 5) is 22.1. The summed E-state index contributed by atoms with van der Waals surface area (Å²) in [6.07, 6.45) is 1.68. The first-order chi connectivity index (χ1) is 15.7. The minimum absolute atomic E-state index is 0.210. The fraction of sp³-hybridized carbons (Fsp3) is 0.0833. The molecule has 5 rings (SSSR count). The van der Waals surface area contributed by atoms with Crippen molar-refractivity contribution in [3.8, 4) is 10.6 Å². The molecule has 0 unspecified atom stereocenters. The summed E-state index contributed by atoms with van der Waals surface area (Å²) >= 11 is 3.08. The third-order valence-electron chi connectivity index (χ3n) is 4.71. The number of benzene rings is 2. The highest BCUT2D eigenvalue weighted by atomic mass is 32.2. The second kappa shape index (κ2) is 8.94. The molecule has 0 atom stereocenters. The van der Waals surface area contributed by atoms with Crippen molar-refractivity contribution < 1.29 is 9.32 Å². The third kappa shape index (κ3) is 4.42. The van der Waals surface area contributed by atoms with Gasteiger partial charge in [0.1, 0.15) is 15.8 Å². The number of thioether (sulfide) groups is 1. The second-order valence-corrected chi connectivity index (χ2v) is 9.09. The van der Waals surface area contributed by atoms with Crippen LogP contribution in [0, 0.1) is 6.92 Å². The Morgan fingerprint density at radius 1 is 1.09 bits per heavy atom. The van der Waals surface area contributed by atoms with Gasteiger partial charge in [0.2, 0.25) is 0 Å². The first-order valence-corrected chi connectivity index (χ1v) is 11.7. The Bertz CT molecular complexity index is 1380. The van der Waals surface area contributed by atoms with Crippen molar-refractivity contribution >= 4 is 44.9 Å². The number of thiazole rings is 1. The molecule has 0 aliphatic heterocycles. The van der Waals surface area contributed by atoms with Gasteiger partial charge in [-0.2, -0.15) is 0 Å². The number of hydrogen-bond acceptors (Lipinski definition) is 7. The Kier molecular flexibility index (Phi) is 5.70. The topological polar surface area (TPSA) is 80.9 Å². The highest BCUT2D eigenvalue weighted by molar-refractivity contribution is 7.98. The van der Waals surface area contributed by atoms with Crippen LogP contribution in [0.2, 0.25) is 0 Å². The van der Waals surface area contributed by atoms with Gasteiger partial charge in [-0.1, -0.05) is 41.2 Å². The summed E-state index contributed by atoms with van der Waals surface area (Å²) in [5, 5.41) is 8.56. The summed E-state index contributed by atoms with van der Waals surface area (Å²) < 4.78 is 6.24. The van der Waals surface area contributed by atoms with Crippen LogP contribution in [0.1, 0.15) is 21.8 Å². The third-order valence-corrected chi connectivity index (χ3v) is 6.83. The van der Waals surface area contributed by atoms with Crippen LogP contribution in [0.5, 0.6) is 0 Å². The van der Waals surface area contributed by atoms with Crippen LogP contribution < -0.4 is 5.32 Å².